The molecule has 3 rings (SSSR count). The number of rotatable bonds is 6. The van der Waals surface area contributed by atoms with Gasteiger partial charge in [-0.1, -0.05) is 55.3 Å². The van der Waals surface area contributed by atoms with Crippen molar-refractivity contribution < 1.29 is 9.53 Å². The van der Waals surface area contributed by atoms with Crippen LogP contribution in [0.15, 0.2) is 54.6 Å². The van der Waals surface area contributed by atoms with Gasteiger partial charge in [0.25, 0.3) is 0 Å². The maximum Gasteiger partial charge on any atom is 0.224 e. The zero-order valence-electron chi connectivity index (χ0n) is 14.2. The molecule has 0 saturated heterocycles. The van der Waals surface area contributed by atoms with Crippen molar-refractivity contribution in [1.29, 1.82) is 0 Å². The third-order valence-corrected chi connectivity index (χ3v) is 4.87. The lowest BCUT2D eigenvalue weighted by atomic mass is 9.91. The van der Waals surface area contributed by atoms with Gasteiger partial charge in [-0.25, -0.2) is 0 Å². The number of benzene rings is 2. The molecule has 0 aliphatic heterocycles. The van der Waals surface area contributed by atoms with E-state index in [1.54, 1.807) is 7.11 Å². The summed E-state index contributed by atoms with van der Waals surface area (Å²) in [6, 6.07) is 18.2. The highest BCUT2D eigenvalue weighted by atomic mass is 16.5. The predicted octanol–water partition coefficient (Wildman–Crippen LogP) is 4.29. The minimum Gasteiger partial charge on any atom is -0.497 e. The average molecular weight is 323 g/mol. The van der Waals surface area contributed by atoms with E-state index in [4.69, 9.17) is 4.74 Å². The lowest BCUT2D eigenvalue weighted by Crippen LogP contribution is -2.33. The number of methoxy groups -OCH3 is 1. The van der Waals surface area contributed by atoms with Crippen LogP contribution < -0.4 is 10.1 Å². The Balaban J connectivity index is 1.68. The molecule has 0 aromatic heterocycles. The molecule has 0 spiro atoms. The predicted molar refractivity (Wildman–Crippen MR) is 96.0 cm³/mol. The number of carbonyl (C=O) groups is 1. The second-order valence-electron chi connectivity index (χ2n) is 6.53. The van der Waals surface area contributed by atoms with Crippen LogP contribution in [0.25, 0.3) is 0 Å². The fourth-order valence-corrected chi connectivity index (χ4v) is 3.58. The van der Waals surface area contributed by atoms with Crippen molar-refractivity contribution >= 4 is 5.91 Å². The number of hydrogen-bond donors (Lipinski definition) is 1. The molecular formula is C21H25NO2. The quantitative estimate of drug-likeness (QED) is 0.861. The molecule has 1 aliphatic rings. The Morgan fingerprint density at radius 1 is 1.08 bits per heavy atom. The summed E-state index contributed by atoms with van der Waals surface area (Å²) in [4.78, 5) is 12.6. The molecule has 1 atom stereocenters. The Kier molecular flexibility index (Phi) is 5.52. The van der Waals surface area contributed by atoms with Gasteiger partial charge in [0.15, 0.2) is 0 Å². The molecule has 126 valence electrons. The molecule has 0 heterocycles. The normalized spacial score (nSPS) is 15.9. The molecule has 1 aliphatic carbocycles. The number of nitrogens with one attached hydrogen (secondary N) is 1. The first-order chi connectivity index (χ1) is 11.8. The number of ether oxygens (including phenoxy) is 1. The van der Waals surface area contributed by atoms with E-state index < -0.39 is 0 Å². The maximum atomic E-state index is 12.6. The minimum absolute atomic E-state index is 0.0842. The molecule has 3 heteroatoms. The van der Waals surface area contributed by atoms with E-state index >= 15 is 0 Å². The molecule has 1 fully saturated rings. The maximum absolute atomic E-state index is 12.6. The third-order valence-electron chi connectivity index (χ3n) is 4.87. The van der Waals surface area contributed by atoms with Crippen molar-refractivity contribution in [2.75, 3.05) is 7.11 Å². The van der Waals surface area contributed by atoms with Gasteiger partial charge in [0, 0.05) is 0 Å². The van der Waals surface area contributed by atoms with E-state index in [2.05, 4.69) is 17.4 Å². The molecule has 1 saturated carbocycles. The summed E-state index contributed by atoms with van der Waals surface area (Å²) in [6.07, 6.45) is 5.33. The molecular weight excluding hydrogens is 298 g/mol. The number of amides is 1. The van der Waals surface area contributed by atoms with E-state index in [1.165, 1.54) is 31.2 Å². The molecule has 1 unspecified atom stereocenters. The summed E-state index contributed by atoms with van der Waals surface area (Å²) in [5.74, 6) is 1.44. The molecule has 1 N–H and O–H groups in total. The Morgan fingerprint density at radius 3 is 2.38 bits per heavy atom. The molecule has 1 amide bonds. The van der Waals surface area contributed by atoms with Crippen molar-refractivity contribution in [1.82, 2.24) is 5.32 Å². The number of carbonyl (C=O) groups excluding carboxylic acids is 1. The topological polar surface area (TPSA) is 38.3 Å². The van der Waals surface area contributed by atoms with Crippen LogP contribution in [0.3, 0.4) is 0 Å². The second-order valence-corrected chi connectivity index (χ2v) is 6.53. The first-order valence-corrected chi connectivity index (χ1v) is 8.73. The van der Waals surface area contributed by atoms with Gasteiger partial charge in [0.05, 0.1) is 19.6 Å². The average Bonchev–Trinajstić information content (AvgIpc) is 3.15. The summed E-state index contributed by atoms with van der Waals surface area (Å²) in [7, 11) is 1.65. The van der Waals surface area contributed by atoms with E-state index in [0.29, 0.717) is 12.3 Å². The van der Waals surface area contributed by atoms with Gasteiger partial charge in [0.2, 0.25) is 5.91 Å². The smallest absolute Gasteiger partial charge is 0.224 e. The van der Waals surface area contributed by atoms with Crippen LogP contribution in [0.1, 0.15) is 42.9 Å². The zero-order chi connectivity index (χ0) is 16.8. The van der Waals surface area contributed by atoms with E-state index in [0.717, 1.165) is 11.3 Å². The SMILES string of the molecule is COc1ccc(CC(=O)NC(c2ccccc2)C2CCCC2)cc1. The van der Waals surface area contributed by atoms with Crippen molar-refractivity contribution in [3.05, 3.63) is 65.7 Å². The summed E-state index contributed by atoms with van der Waals surface area (Å²) in [5, 5.41) is 3.28. The molecule has 2 aromatic carbocycles. The van der Waals surface area contributed by atoms with E-state index in [1.807, 2.05) is 42.5 Å². The van der Waals surface area contributed by atoms with Gasteiger partial charge < -0.3 is 10.1 Å². The third kappa shape index (κ3) is 4.16. The largest absolute Gasteiger partial charge is 0.497 e. The fourth-order valence-electron chi connectivity index (χ4n) is 3.58. The van der Waals surface area contributed by atoms with Crippen LogP contribution in [0.5, 0.6) is 5.75 Å². The van der Waals surface area contributed by atoms with Crippen LogP contribution in [0, 0.1) is 5.92 Å². The van der Waals surface area contributed by atoms with Crippen LogP contribution in [0.2, 0.25) is 0 Å². The van der Waals surface area contributed by atoms with Gasteiger partial charge in [-0.15, -0.1) is 0 Å². The second kappa shape index (κ2) is 8.00. The van der Waals surface area contributed by atoms with E-state index in [9.17, 15) is 4.79 Å². The van der Waals surface area contributed by atoms with Crippen LogP contribution in [-0.2, 0) is 11.2 Å². The van der Waals surface area contributed by atoms with Crippen molar-refractivity contribution in [3.63, 3.8) is 0 Å². The Hall–Kier alpha value is -2.29. The molecule has 0 radical (unpaired) electrons. The standard InChI is InChI=1S/C21H25NO2/c1-24-19-13-11-16(12-14-19)15-20(23)22-21(18-9-5-6-10-18)17-7-3-2-4-8-17/h2-4,7-8,11-14,18,21H,5-6,9-10,15H2,1H3,(H,22,23). The molecule has 24 heavy (non-hydrogen) atoms. The summed E-state index contributed by atoms with van der Waals surface area (Å²) >= 11 is 0. The first kappa shape index (κ1) is 16.6. The Morgan fingerprint density at radius 2 is 1.75 bits per heavy atom. The zero-order valence-corrected chi connectivity index (χ0v) is 14.2. The van der Waals surface area contributed by atoms with Crippen LogP contribution in [0.4, 0.5) is 0 Å². The molecule has 2 aromatic rings. The summed E-state index contributed by atoms with van der Waals surface area (Å²) in [6.45, 7) is 0. The highest BCUT2D eigenvalue weighted by Gasteiger charge is 2.27. The fraction of sp³-hybridized carbons (Fsp3) is 0.381. The van der Waals surface area contributed by atoms with E-state index in [-0.39, 0.29) is 11.9 Å². The van der Waals surface area contributed by atoms with Crippen molar-refractivity contribution in [3.8, 4) is 5.75 Å². The van der Waals surface area contributed by atoms with Gasteiger partial charge in [0.1, 0.15) is 5.75 Å². The summed E-state index contributed by atoms with van der Waals surface area (Å²) < 4.78 is 5.16. The van der Waals surface area contributed by atoms with Gasteiger partial charge in [-0.2, -0.15) is 0 Å². The van der Waals surface area contributed by atoms with Gasteiger partial charge in [-0.3, -0.25) is 4.79 Å². The lowest BCUT2D eigenvalue weighted by Gasteiger charge is -2.25. The first-order valence-electron chi connectivity index (χ1n) is 8.73. The minimum atomic E-state index is 0.0842. The highest BCUT2D eigenvalue weighted by molar-refractivity contribution is 5.79. The van der Waals surface area contributed by atoms with Gasteiger partial charge >= 0.3 is 0 Å². The Bertz CT molecular complexity index is 645. The van der Waals surface area contributed by atoms with Crippen LogP contribution in [-0.4, -0.2) is 13.0 Å². The highest BCUT2D eigenvalue weighted by Crippen LogP contribution is 2.35. The van der Waals surface area contributed by atoms with Crippen molar-refractivity contribution in [2.24, 2.45) is 5.92 Å². The monoisotopic (exact) mass is 323 g/mol. The Labute approximate surface area is 144 Å². The van der Waals surface area contributed by atoms with Crippen molar-refractivity contribution in [2.45, 2.75) is 38.1 Å². The summed E-state index contributed by atoms with van der Waals surface area (Å²) in [5.41, 5.74) is 2.22. The number of hydrogen-bond acceptors (Lipinski definition) is 2. The van der Waals surface area contributed by atoms with Gasteiger partial charge in [-0.05, 0) is 42.0 Å². The van der Waals surface area contributed by atoms with Crippen LogP contribution >= 0.6 is 0 Å². The molecule has 0 bridgehead atoms. The molecule has 3 nitrogen and oxygen atoms in total. The lowest BCUT2D eigenvalue weighted by molar-refractivity contribution is -0.121.